The summed E-state index contributed by atoms with van der Waals surface area (Å²) in [6.45, 7) is 1.65. The van der Waals surface area contributed by atoms with Crippen molar-refractivity contribution >= 4 is 5.97 Å². The van der Waals surface area contributed by atoms with E-state index in [1.807, 2.05) is 6.07 Å². The highest BCUT2D eigenvalue weighted by molar-refractivity contribution is 5.71. The topological polar surface area (TPSA) is 55.1 Å². The van der Waals surface area contributed by atoms with Gasteiger partial charge in [-0.25, -0.2) is 4.79 Å². The molecule has 1 aliphatic rings. The monoisotopic (exact) mass is 208 g/mol. The van der Waals surface area contributed by atoms with E-state index in [9.17, 15) is 4.79 Å². The lowest BCUT2D eigenvalue weighted by Gasteiger charge is -2.07. The number of hydrogen-bond donors (Lipinski definition) is 1. The molecule has 2 rings (SSSR count). The Labute approximate surface area is 88.9 Å². The summed E-state index contributed by atoms with van der Waals surface area (Å²) in [6.07, 6.45) is 6.70. The van der Waals surface area contributed by atoms with Gasteiger partial charge in [-0.3, -0.25) is 4.68 Å². The van der Waals surface area contributed by atoms with E-state index in [1.54, 1.807) is 13.1 Å². The molecule has 0 bridgehead atoms. The van der Waals surface area contributed by atoms with Crippen LogP contribution >= 0.6 is 0 Å². The van der Waals surface area contributed by atoms with E-state index in [2.05, 4.69) is 5.10 Å². The largest absolute Gasteiger partial charge is 0.480 e. The zero-order valence-corrected chi connectivity index (χ0v) is 8.89. The Morgan fingerprint density at radius 1 is 1.60 bits per heavy atom. The molecule has 1 fully saturated rings. The lowest BCUT2D eigenvalue weighted by atomic mass is 10.1. The van der Waals surface area contributed by atoms with Gasteiger partial charge in [0.25, 0.3) is 0 Å². The van der Waals surface area contributed by atoms with E-state index in [1.165, 1.54) is 30.4 Å². The fraction of sp³-hybridized carbons (Fsp3) is 0.636. The zero-order valence-electron chi connectivity index (χ0n) is 8.89. The number of carbonyl (C=O) groups is 1. The number of aliphatic carboxylic acids is 1. The number of carboxylic acids is 1. The maximum Gasteiger partial charge on any atom is 0.328 e. The molecular formula is C11H16N2O2. The van der Waals surface area contributed by atoms with E-state index >= 15 is 0 Å². The Morgan fingerprint density at radius 3 is 2.87 bits per heavy atom. The number of carboxylic acid groups (broad SMARTS) is 1. The average Bonchev–Trinajstić information content (AvgIpc) is 2.86. The Kier molecular flexibility index (Phi) is 2.75. The molecule has 0 saturated heterocycles. The zero-order chi connectivity index (χ0) is 10.8. The Morgan fingerprint density at radius 2 is 2.27 bits per heavy atom. The minimum absolute atomic E-state index is 0.548. The SMILES string of the molecule is CC(C(=O)O)n1ccc(C2CCCC2)n1. The molecule has 1 atom stereocenters. The van der Waals surface area contributed by atoms with Gasteiger partial charge in [0, 0.05) is 12.1 Å². The Balaban J connectivity index is 2.12. The van der Waals surface area contributed by atoms with E-state index in [4.69, 9.17) is 5.11 Å². The Bertz CT molecular complexity index is 353. The van der Waals surface area contributed by atoms with Crippen LogP contribution in [0.3, 0.4) is 0 Å². The third-order valence-corrected chi connectivity index (χ3v) is 3.16. The van der Waals surface area contributed by atoms with Gasteiger partial charge in [0.05, 0.1) is 5.69 Å². The first-order valence-electron chi connectivity index (χ1n) is 5.46. The maximum atomic E-state index is 10.8. The van der Waals surface area contributed by atoms with Crippen molar-refractivity contribution in [3.63, 3.8) is 0 Å². The fourth-order valence-corrected chi connectivity index (χ4v) is 2.12. The predicted octanol–water partition coefficient (Wildman–Crippen LogP) is 2.19. The highest BCUT2D eigenvalue weighted by Gasteiger charge is 2.21. The first-order chi connectivity index (χ1) is 7.18. The van der Waals surface area contributed by atoms with Crippen molar-refractivity contribution in [1.29, 1.82) is 0 Å². The molecule has 1 aromatic heterocycles. The number of nitrogens with zero attached hydrogens (tertiary/aromatic N) is 2. The van der Waals surface area contributed by atoms with Crippen LogP contribution in [0, 0.1) is 0 Å². The molecule has 82 valence electrons. The van der Waals surface area contributed by atoms with Crippen molar-refractivity contribution in [3.8, 4) is 0 Å². The second-order valence-electron chi connectivity index (χ2n) is 4.22. The van der Waals surface area contributed by atoms with Crippen LogP contribution in [0.5, 0.6) is 0 Å². The third kappa shape index (κ3) is 2.03. The first kappa shape index (κ1) is 10.2. The van der Waals surface area contributed by atoms with Crippen LogP contribution in [0.15, 0.2) is 12.3 Å². The molecule has 4 heteroatoms. The van der Waals surface area contributed by atoms with E-state index < -0.39 is 12.0 Å². The van der Waals surface area contributed by atoms with Crippen molar-refractivity contribution < 1.29 is 9.90 Å². The summed E-state index contributed by atoms with van der Waals surface area (Å²) in [5, 5.41) is 13.2. The molecule has 1 aromatic rings. The van der Waals surface area contributed by atoms with Crippen molar-refractivity contribution in [2.45, 2.75) is 44.6 Å². The molecule has 1 saturated carbocycles. The fourth-order valence-electron chi connectivity index (χ4n) is 2.12. The summed E-state index contributed by atoms with van der Waals surface area (Å²) in [5.74, 6) is -0.289. The number of hydrogen-bond acceptors (Lipinski definition) is 2. The van der Waals surface area contributed by atoms with Gasteiger partial charge < -0.3 is 5.11 Å². The molecule has 0 aliphatic heterocycles. The summed E-state index contributed by atoms with van der Waals surface area (Å²) in [5.41, 5.74) is 1.06. The average molecular weight is 208 g/mol. The van der Waals surface area contributed by atoms with E-state index in [-0.39, 0.29) is 0 Å². The van der Waals surface area contributed by atoms with Gasteiger partial charge in [-0.05, 0) is 25.8 Å². The second kappa shape index (κ2) is 4.04. The molecule has 15 heavy (non-hydrogen) atoms. The summed E-state index contributed by atoms with van der Waals surface area (Å²) < 4.78 is 1.54. The van der Waals surface area contributed by atoms with Crippen LogP contribution in [0.25, 0.3) is 0 Å². The third-order valence-electron chi connectivity index (χ3n) is 3.16. The molecule has 0 amide bonds. The normalized spacial score (nSPS) is 19.3. The molecule has 0 spiro atoms. The molecule has 1 aliphatic carbocycles. The molecular weight excluding hydrogens is 192 g/mol. The lowest BCUT2D eigenvalue weighted by molar-refractivity contribution is -0.140. The maximum absolute atomic E-state index is 10.8. The minimum Gasteiger partial charge on any atom is -0.480 e. The molecule has 1 unspecified atom stereocenters. The van der Waals surface area contributed by atoms with Gasteiger partial charge in [-0.15, -0.1) is 0 Å². The first-order valence-corrected chi connectivity index (χ1v) is 5.46. The minimum atomic E-state index is -0.837. The molecule has 1 N–H and O–H groups in total. The van der Waals surface area contributed by atoms with Gasteiger partial charge in [0.15, 0.2) is 0 Å². The molecule has 4 nitrogen and oxygen atoms in total. The van der Waals surface area contributed by atoms with Gasteiger partial charge in [0.2, 0.25) is 0 Å². The summed E-state index contributed by atoms with van der Waals surface area (Å²) in [7, 11) is 0. The summed E-state index contributed by atoms with van der Waals surface area (Å²) in [6, 6.07) is 1.38. The van der Waals surface area contributed by atoms with Crippen molar-refractivity contribution in [2.24, 2.45) is 0 Å². The van der Waals surface area contributed by atoms with Crippen LogP contribution in [-0.2, 0) is 4.79 Å². The van der Waals surface area contributed by atoms with Gasteiger partial charge in [-0.1, -0.05) is 12.8 Å². The van der Waals surface area contributed by atoms with Crippen LogP contribution in [0.4, 0.5) is 0 Å². The standard InChI is InChI=1S/C11H16N2O2/c1-8(11(14)15)13-7-6-10(12-13)9-4-2-3-5-9/h6-9H,2-5H2,1H3,(H,14,15). The van der Waals surface area contributed by atoms with E-state index in [0.29, 0.717) is 5.92 Å². The van der Waals surface area contributed by atoms with Crippen LogP contribution in [0.2, 0.25) is 0 Å². The Hall–Kier alpha value is -1.32. The van der Waals surface area contributed by atoms with Gasteiger partial charge in [0.1, 0.15) is 6.04 Å². The van der Waals surface area contributed by atoms with E-state index in [0.717, 1.165) is 5.69 Å². The molecule has 0 radical (unpaired) electrons. The lowest BCUT2D eigenvalue weighted by Crippen LogP contribution is -2.16. The number of rotatable bonds is 3. The summed E-state index contributed by atoms with van der Waals surface area (Å²) in [4.78, 5) is 10.8. The predicted molar refractivity (Wildman–Crippen MR) is 55.8 cm³/mol. The van der Waals surface area contributed by atoms with Crippen molar-refractivity contribution in [1.82, 2.24) is 9.78 Å². The quantitative estimate of drug-likeness (QED) is 0.828. The number of aromatic nitrogens is 2. The highest BCUT2D eigenvalue weighted by Crippen LogP contribution is 2.33. The second-order valence-corrected chi connectivity index (χ2v) is 4.22. The smallest absolute Gasteiger partial charge is 0.328 e. The summed E-state index contributed by atoms with van der Waals surface area (Å²) >= 11 is 0. The van der Waals surface area contributed by atoms with Gasteiger partial charge in [-0.2, -0.15) is 5.10 Å². The van der Waals surface area contributed by atoms with Gasteiger partial charge >= 0.3 is 5.97 Å². The van der Waals surface area contributed by atoms with Crippen molar-refractivity contribution in [3.05, 3.63) is 18.0 Å². The molecule has 0 aromatic carbocycles. The highest BCUT2D eigenvalue weighted by atomic mass is 16.4. The van der Waals surface area contributed by atoms with Crippen LogP contribution in [0.1, 0.15) is 50.3 Å². The van der Waals surface area contributed by atoms with Crippen LogP contribution < -0.4 is 0 Å². The van der Waals surface area contributed by atoms with Crippen molar-refractivity contribution in [2.75, 3.05) is 0 Å². The molecule has 1 heterocycles. The van der Waals surface area contributed by atoms with Crippen LogP contribution in [-0.4, -0.2) is 20.9 Å².